The Labute approximate surface area is 249 Å². The minimum Gasteiger partial charge on any atom is -0.494 e. The smallest absolute Gasteiger partial charge is 0.249 e. The predicted octanol–water partition coefficient (Wildman–Crippen LogP) is 3.71. The molecule has 2 fully saturated rings. The average Bonchev–Trinajstić information content (AvgIpc) is 3.19. The number of amides is 3. The molecule has 3 amide bonds. The second-order valence-electron chi connectivity index (χ2n) is 13.0. The number of benzene rings is 1. The number of hydrogen-bond acceptors (Lipinski definition) is 6. The van der Waals surface area contributed by atoms with Crippen LogP contribution in [0.1, 0.15) is 60.3 Å². The van der Waals surface area contributed by atoms with Gasteiger partial charge in [0.05, 0.1) is 24.0 Å². The van der Waals surface area contributed by atoms with Gasteiger partial charge in [0.1, 0.15) is 17.4 Å². The second-order valence-corrected chi connectivity index (χ2v) is 13.0. The Kier molecular flexibility index (Phi) is 8.29. The number of anilines is 1. The molecule has 5 rings (SSSR count). The zero-order chi connectivity index (χ0) is 30.3. The maximum Gasteiger partial charge on any atom is 0.249 e. The second kappa shape index (κ2) is 11.5. The Balaban J connectivity index is 1.54. The maximum atomic E-state index is 14.5. The number of fused-ring (bicyclic) bond motifs is 2. The number of aliphatic hydroxyl groups is 1. The molecule has 2 saturated heterocycles. The summed E-state index contributed by atoms with van der Waals surface area (Å²) in [5.74, 6) is -1.48. The fraction of sp³-hybridized carbons (Fsp3) is 0.606. The Morgan fingerprint density at radius 1 is 0.929 bits per heavy atom. The standard InChI is InChI=1S/C33H45N3O6/c1-6-41-24-15-13-23(14-16-24)34-20-11-17-32(5)25(28(34)38)26-29(39)35(19-9-7-8-10-22-37)27-30(40)36(31(2,3)4)21-12-18-33(26,27)42-32/h11-18,25-27,37H,6-10,19-22H2,1-5H3/t25-,26-,27?,32+,33-/m0/s1. The summed E-state index contributed by atoms with van der Waals surface area (Å²) in [4.78, 5) is 48.6. The van der Waals surface area contributed by atoms with E-state index in [1.165, 1.54) is 0 Å². The molecular formula is C33H45N3O6. The van der Waals surface area contributed by atoms with Crippen molar-refractivity contribution in [2.75, 3.05) is 37.7 Å². The van der Waals surface area contributed by atoms with E-state index in [1.54, 1.807) is 14.7 Å². The van der Waals surface area contributed by atoms with Crippen LogP contribution in [-0.2, 0) is 19.1 Å². The highest BCUT2D eigenvalue weighted by molar-refractivity contribution is 6.04. The number of carbonyl (C=O) groups excluding carboxylic acids is 3. The van der Waals surface area contributed by atoms with E-state index in [-0.39, 0.29) is 24.3 Å². The molecular weight excluding hydrogens is 534 g/mol. The van der Waals surface area contributed by atoms with Crippen molar-refractivity contribution in [3.05, 3.63) is 48.6 Å². The third kappa shape index (κ3) is 5.04. The van der Waals surface area contributed by atoms with Crippen molar-refractivity contribution in [3.8, 4) is 5.75 Å². The molecule has 228 valence electrons. The molecule has 4 aliphatic rings. The van der Waals surface area contributed by atoms with Crippen molar-refractivity contribution in [2.45, 2.75) is 83.1 Å². The molecule has 4 aliphatic heterocycles. The minimum absolute atomic E-state index is 0.134. The summed E-state index contributed by atoms with van der Waals surface area (Å²) in [5.41, 5.74) is -2.08. The number of rotatable bonds is 9. The summed E-state index contributed by atoms with van der Waals surface area (Å²) in [5, 5.41) is 9.19. The van der Waals surface area contributed by atoms with E-state index in [4.69, 9.17) is 9.47 Å². The lowest BCUT2D eigenvalue weighted by atomic mass is 9.74. The lowest BCUT2D eigenvalue weighted by Gasteiger charge is -2.41. The minimum atomic E-state index is -1.26. The number of carbonyl (C=O) groups is 3. The average molecular weight is 580 g/mol. The van der Waals surface area contributed by atoms with Gasteiger partial charge in [0.25, 0.3) is 0 Å². The first kappa shape index (κ1) is 30.3. The molecule has 1 spiro atoms. The molecule has 1 N–H and O–H groups in total. The predicted molar refractivity (Wildman–Crippen MR) is 160 cm³/mol. The van der Waals surface area contributed by atoms with E-state index in [1.807, 2.05) is 83.2 Å². The summed E-state index contributed by atoms with van der Waals surface area (Å²) < 4.78 is 12.5. The number of aliphatic hydroxyl groups excluding tert-OH is 1. The molecule has 0 aromatic heterocycles. The van der Waals surface area contributed by atoms with E-state index in [0.717, 1.165) is 18.6 Å². The van der Waals surface area contributed by atoms with Gasteiger partial charge < -0.3 is 29.3 Å². The van der Waals surface area contributed by atoms with Crippen molar-refractivity contribution in [2.24, 2.45) is 11.8 Å². The SMILES string of the molecule is CCOc1ccc(N2CC=C[C@@]3(C)O[C@]45C=CCN(C(C)(C)C)C(=O)C4N(CCCCCCO)C(=O)[C@@H]5[C@H]3C2=O)cc1. The van der Waals surface area contributed by atoms with Crippen molar-refractivity contribution >= 4 is 23.4 Å². The van der Waals surface area contributed by atoms with Crippen molar-refractivity contribution in [3.63, 3.8) is 0 Å². The van der Waals surface area contributed by atoms with Crippen LogP contribution < -0.4 is 9.64 Å². The van der Waals surface area contributed by atoms with Crippen LogP contribution in [0.15, 0.2) is 48.6 Å². The topological polar surface area (TPSA) is 99.6 Å². The van der Waals surface area contributed by atoms with Gasteiger partial charge in [-0.2, -0.15) is 0 Å². The van der Waals surface area contributed by atoms with Gasteiger partial charge in [0, 0.05) is 37.5 Å². The van der Waals surface area contributed by atoms with Gasteiger partial charge in [-0.05, 0) is 71.7 Å². The van der Waals surface area contributed by atoms with Crippen LogP contribution in [0.4, 0.5) is 5.69 Å². The normalized spacial score (nSPS) is 30.8. The van der Waals surface area contributed by atoms with Crippen molar-refractivity contribution in [1.82, 2.24) is 9.80 Å². The molecule has 4 heterocycles. The Bertz CT molecular complexity index is 1250. The first-order valence-corrected chi connectivity index (χ1v) is 15.3. The van der Waals surface area contributed by atoms with Gasteiger partial charge in [-0.15, -0.1) is 0 Å². The van der Waals surface area contributed by atoms with Gasteiger partial charge in [-0.3, -0.25) is 14.4 Å². The summed E-state index contributed by atoms with van der Waals surface area (Å²) in [6.45, 7) is 11.6. The van der Waals surface area contributed by atoms with Crippen LogP contribution in [0.3, 0.4) is 0 Å². The highest BCUT2D eigenvalue weighted by Gasteiger charge is 2.74. The molecule has 9 nitrogen and oxygen atoms in total. The summed E-state index contributed by atoms with van der Waals surface area (Å²) in [6.07, 6.45) is 10.7. The van der Waals surface area contributed by atoms with Gasteiger partial charge in [0.2, 0.25) is 17.7 Å². The van der Waals surface area contributed by atoms with E-state index in [0.29, 0.717) is 44.8 Å². The lowest BCUT2D eigenvalue weighted by molar-refractivity contribution is -0.154. The van der Waals surface area contributed by atoms with Gasteiger partial charge in [-0.25, -0.2) is 0 Å². The van der Waals surface area contributed by atoms with Gasteiger partial charge in [-0.1, -0.05) is 37.1 Å². The Morgan fingerprint density at radius 3 is 2.29 bits per heavy atom. The van der Waals surface area contributed by atoms with Crippen LogP contribution >= 0.6 is 0 Å². The number of hydrogen-bond donors (Lipinski definition) is 1. The third-order valence-corrected chi connectivity index (χ3v) is 9.13. The molecule has 9 heteroatoms. The van der Waals surface area contributed by atoms with Crippen LogP contribution in [0.2, 0.25) is 0 Å². The molecule has 1 aromatic rings. The van der Waals surface area contributed by atoms with Crippen molar-refractivity contribution in [1.29, 1.82) is 0 Å². The zero-order valence-electron chi connectivity index (χ0n) is 25.5. The molecule has 0 aliphatic carbocycles. The lowest BCUT2D eigenvalue weighted by Crippen LogP contribution is -2.59. The number of ether oxygens (including phenoxy) is 2. The number of nitrogens with zero attached hydrogens (tertiary/aromatic N) is 3. The summed E-state index contributed by atoms with van der Waals surface area (Å²) >= 11 is 0. The molecule has 5 atom stereocenters. The van der Waals surface area contributed by atoms with E-state index >= 15 is 0 Å². The van der Waals surface area contributed by atoms with E-state index in [9.17, 15) is 19.5 Å². The van der Waals surface area contributed by atoms with Crippen LogP contribution in [0.5, 0.6) is 5.75 Å². The fourth-order valence-electron chi connectivity index (χ4n) is 7.23. The molecule has 42 heavy (non-hydrogen) atoms. The molecule has 0 radical (unpaired) electrons. The molecule has 0 saturated carbocycles. The van der Waals surface area contributed by atoms with Gasteiger partial charge in [0.15, 0.2) is 0 Å². The molecule has 1 unspecified atom stereocenters. The fourth-order valence-corrected chi connectivity index (χ4v) is 7.23. The van der Waals surface area contributed by atoms with E-state index < -0.39 is 34.6 Å². The molecule has 1 aromatic carbocycles. The Morgan fingerprint density at radius 2 is 1.62 bits per heavy atom. The largest absolute Gasteiger partial charge is 0.494 e. The first-order valence-electron chi connectivity index (χ1n) is 15.3. The summed E-state index contributed by atoms with van der Waals surface area (Å²) in [6, 6.07) is 6.54. The van der Waals surface area contributed by atoms with Crippen LogP contribution in [-0.4, -0.2) is 88.3 Å². The first-order chi connectivity index (χ1) is 20.0. The highest BCUT2D eigenvalue weighted by atomic mass is 16.5. The monoisotopic (exact) mass is 579 g/mol. The van der Waals surface area contributed by atoms with Crippen LogP contribution in [0.25, 0.3) is 0 Å². The van der Waals surface area contributed by atoms with E-state index in [2.05, 4.69) is 0 Å². The third-order valence-electron chi connectivity index (χ3n) is 9.13. The number of likely N-dealkylation sites (tertiary alicyclic amines) is 1. The maximum absolute atomic E-state index is 14.5. The van der Waals surface area contributed by atoms with Crippen molar-refractivity contribution < 1.29 is 29.0 Å². The highest BCUT2D eigenvalue weighted by Crippen LogP contribution is 2.57. The Hall–Kier alpha value is -3.17. The quantitative estimate of drug-likeness (QED) is 0.354. The summed E-state index contributed by atoms with van der Waals surface area (Å²) in [7, 11) is 0. The van der Waals surface area contributed by atoms with Gasteiger partial charge >= 0.3 is 0 Å². The zero-order valence-corrected chi connectivity index (χ0v) is 25.5. The number of unbranched alkanes of at least 4 members (excludes halogenated alkanes) is 3. The van der Waals surface area contributed by atoms with Crippen LogP contribution in [0, 0.1) is 11.8 Å². The molecule has 0 bridgehead atoms.